The van der Waals surface area contributed by atoms with Crippen LogP contribution in [0.5, 0.6) is 0 Å². The molecular weight excluding hydrogens is 328 g/mol. The number of anilines is 1. The molecule has 1 aliphatic heterocycles. The summed E-state index contributed by atoms with van der Waals surface area (Å²) in [5.41, 5.74) is 9.58. The first-order valence-corrected chi connectivity index (χ1v) is 8.88. The number of likely N-dealkylation sites (tertiary alicyclic amines) is 1. The van der Waals surface area contributed by atoms with Crippen LogP contribution in [0.4, 0.5) is 5.82 Å². The number of nitrogens with two attached hydrogens (primary N) is 1. The van der Waals surface area contributed by atoms with Gasteiger partial charge in [-0.3, -0.25) is 4.79 Å². The molecule has 2 aromatic heterocycles. The van der Waals surface area contributed by atoms with E-state index in [1.165, 1.54) is 0 Å². The lowest BCUT2D eigenvalue weighted by molar-refractivity contribution is -0.131. The lowest BCUT2D eigenvalue weighted by atomic mass is 10.1. The number of hydrogen-bond acceptors (Lipinski definition) is 5. The van der Waals surface area contributed by atoms with Gasteiger partial charge in [0.25, 0.3) is 0 Å². The van der Waals surface area contributed by atoms with Crippen molar-refractivity contribution in [1.29, 1.82) is 0 Å². The molecule has 1 aliphatic rings. The van der Waals surface area contributed by atoms with E-state index in [0.717, 1.165) is 47.2 Å². The Labute approximate surface area is 152 Å². The van der Waals surface area contributed by atoms with E-state index >= 15 is 0 Å². The fraction of sp³-hybridized carbons (Fsp3) is 0.350. The first-order valence-electron chi connectivity index (χ1n) is 8.88. The Balaban J connectivity index is 1.58. The van der Waals surface area contributed by atoms with Gasteiger partial charge in [0.1, 0.15) is 17.2 Å². The van der Waals surface area contributed by atoms with Gasteiger partial charge in [0.15, 0.2) is 0 Å². The molecule has 0 unspecified atom stereocenters. The van der Waals surface area contributed by atoms with Gasteiger partial charge in [-0.1, -0.05) is 12.1 Å². The van der Waals surface area contributed by atoms with Gasteiger partial charge in [-0.15, -0.1) is 0 Å². The van der Waals surface area contributed by atoms with E-state index in [0.29, 0.717) is 18.1 Å². The van der Waals surface area contributed by atoms with Crippen molar-refractivity contribution in [3.8, 4) is 0 Å². The van der Waals surface area contributed by atoms with E-state index in [1.54, 1.807) is 12.3 Å². The van der Waals surface area contributed by atoms with Crippen LogP contribution in [0.3, 0.4) is 0 Å². The average Bonchev–Trinajstić information content (AvgIpc) is 3.21. The third kappa shape index (κ3) is 3.03. The van der Waals surface area contributed by atoms with Crippen molar-refractivity contribution in [1.82, 2.24) is 14.9 Å². The lowest BCUT2D eigenvalue weighted by Crippen LogP contribution is -2.32. The van der Waals surface area contributed by atoms with Crippen LogP contribution in [-0.2, 0) is 11.2 Å². The summed E-state index contributed by atoms with van der Waals surface area (Å²) in [5.74, 6) is 1.17. The molecule has 134 valence electrons. The molecule has 0 spiro atoms. The van der Waals surface area contributed by atoms with Crippen molar-refractivity contribution in [2.45, 2.75) is 39.2 Å². The molecule has 0 radical (unpaired) electrons. The maximum atomic E-state index is 13.0. The van der Waals surface area contributed by atoms with Crippen molar-refractivity contribution in [2.24, 2.45) is 0 Å². The van der Waals surface area contributed by atoms with Gasteiger partial charge < -0.3 is 15.1 Å². The van der Waals surface area contributed by atoms with E-state index in [1.807, 2.05) is 36.9 Å². The van der Waals surface area contributed by atoms with Crippen molar-refractivity contribution in [3.63, 3.8) is 0 Å². The number of benzene rings is 1. The zero-order chi connectivity index (χ0) is 18.3. The quantitative estimate of drug-likeness (QED) is 0.783. The number of rotatable bonds is 3. The van der Waals surface area contributed by atoms with Crippen LogP contribution in [-0.4, -0.2) is 27.3 Å². The Morgan fingerprint density at radius 3 is 2.96 bits per heavy atom. The smallest absolute Gasteiger partial charge is 0.227 e. The van der Waals surface area contributed by atoms with Gasteiger partial charge in [0.05, 0.1) is 24.4 Å². The second-order valence-electron chi connectivity index (χ2n) is 6.95. The zero-order valence-electron chi connectivity index (χ0n) is 15.0. The Bertz CT molecular complexity index is 959. The van der Waals surface area contributed by atoms with Crippen molar-refractivity contribution >= 4 is 22.7 Å². The monoisotopic (exact) mass is 350 g/mol. The van der Waals surface area contributed by atoms with Crippen LogP contribution in [0.25, 0.3) is 11.0 Å². The van der Waals surface area contributed by atoms with Crippen LogP contribution < -0.4 is 5.73 Å². The number of carbonyl (C=O) groups is 1. The average molecular weight is 350 g/mol. The van der Waals surface area contributed by atoms with Crippen LogP contribution in [0.15, 0.2) is 34.9 Å². The minimum absolute atomic E-state index is 0.0353. The number of fused-ring (bicyclic) bond motifs is 1. The fourth-order valence-electron chi connectivity index (χ4n) is 3.75. The van der Waals surface area contributed by atoms with Crippen molar-refractivity contribution < 1.29 is 9.21 Å². The summed E-state index contributed by atoms with van der Waals surface area (Å²) in [6.07, 6.45) is 3.88. The molecule has 0 bridgehead atoms. The van der Waals surface area contributed by atoms with Gasteiger partial charge in [-0.2, -0.15) is 0 Å². The predicted octanol–water partition coefficient (Wildman–Crippen LogP) is 3.33. The molecule has 6 heteroatoms. The Kier molecular flexibility index (Phi) is 4.11. The Morgan fingerprint density at radius 1 is 1.31 bits per heavy atom. The number of hydrogen-bond donors (Lipinski definition) is 1. The van der Waals surface area contributed by atoms with E-state index < -0.39 is 0 Å². The van der Waals surface area contributed by atoms with E-state index in [4.69, 9.17) is 10.2 Å². The van der Waals surface area contributed by atoms with E-state index in [2.05, 4.69) is 9.97 Å². The molecule has 3 heterocycles. The number of furan rings is 1. The van der Waals surface area contributed by atoms with Gasteiger partial charge in [-0.25, -0.2) is 9.97 Å². The third-order valence-corrected chi connectivity index (χ3v) is 4.95. The van der Waals surface area contributed by atoms with Gasteiger partial charge in [0, 0.05) is 23.6 Å². The summed E-state index contributed by atoms with van der Waals surface area (Å²) in [4.78, 5) is 23.5. The molecule has 3 aromatic rings. The van der Waals surface area contributed by atoms with Crippen LogP contribution in [0.1, 0.15) is 41.5 Å². The molecule has 0 aliphatic carbocycles. The third-order valence-electron chi connectivity index (χ3n) is 4.95. The van der Waals surface area contributed by atoms with E-state index in [9.17, 15) is 4.79 Å². The topological polar surface area (TPSA) is 85.2 Å². The maximum Gasteiger partial charge on any atom is 0.227 e. The molecule has 6 nitrogen and oxygen atoms in total. The summed E-state index contributed by atoms with van der Waals surface area (Å²) in [6, 6.07) is 7.80. The Morgan fingerprint density at radius 2 is 2.15 bits per heavy atom. The summed E-state index contributed by atoms with van der Waals surface area (Å²) in [7, 11) is 0. The largest absolute Gasteiger partial charge is 0.464 e. The molecular formula is C20H22N4O2. The predicted molar refractivity (Wildman–Crippen MR) is 99.5 cm³/mol. The normalized spacial score (nSPS) is 17.2. The van der Waals surface area contributed by atoms with Gasteiger partial charge in [0.2, 0.25) is 5.91 Å². The summed E-state index contributed by atoms with van der Waals surface area (Å²) < 4.78 is 5.63. The van der Waals surface area contributed by atoms with Crippen LogP contribution >= 0.6 is 0 Å². The first-order chi connectivity index (χ1) is 12.5. The van der Waals surface area contributed by atoms with Crippen molar-refractivity contribution in [2.75, 3.05) is 12.3 Å². The highest BCUT2D eigenvalue weighted by atomic mass is 16.3. The Hall–Kier alpha value is -2.89. The summed E-state index contributed by atoms with van der Waals surface area (Å²) in [5, 5.41) is 1.00. The fourth-order valence-corrected chi connectivity index (χ4v) is 3.75. The highest BCUT2D eigenvalue weighted by Crippen LogP contribution is 2.32. The molecule has 1 amide bonds. The molecule has 1 atom stereocenters. The molecule has 0 saturated carbocycles. The highest BCUT2D eigenvalue weighted by Gasteiger charge is 2.31. The highest BCUT2D eigenvalue weighted by molar-refractivity contribution is 5.88. The van der Waals surface area contributed by atoms with Crippen LogP contribution in [0.2, 0.25) is 0 Å². The maximum absolute atomic E-state index is 13.0. The lowest BCUT2D eigenvalue weighted by Gasteiger charge is -2.24. The van der Waals surface area contributed by atoms with Crippen molar-refractivity contribution in [3.05, 3.63) is 53.2 Å². The first kappa shape index (κ1) is 16.6. The molecule has 1 fully saturated rings. The number of aryl methyl sites for hydroxylation is 2. The number of amides is 1. The summed E-state index contributed by atoms with van der Waals surface area (Å²) in [6.45, 7) is 4.58. The second kappa shape index (κ2) is 6.44. The molecule has 26 heavy (non-hydrogen) atoms. The van der Waals surface area contributed by atoms with Crippen LogP contribution in [0, 0.1) is 13.8 Å². The van der Waals surface area contributed by atoms with Gasteiger partial charge in [-0.05, 0) is 38.3 Å². The van der Waals surface area contributed by atoms with Gasteiger partial charge >= 0.3 is 0 Å². The minimum atomic E-state index is -0.0353. The SMILES string of the molecule is Cc1ccc2c(CC(=O)N3CCC[C@H]3c3cc(N)nc(C)n3)coc2c1. The number of nitrogens with zero attached hydrogens (tertiary/aromatic N) is 3. The number of nitrogen functional groups attached to an aromatic ring is 1. The zero-order valence-corrected chi connectivity index (χ0v) is 15.0. The van der Waals surface area contributed by atoms with E-state index in [-0.39, 0.29) is 11.9 Å². The molecule has 1 saturated heterocycles. The second-order valence-corrected chi connectivity index (χ2v) is 6.95. The minimum Gasteiger partial charge on any atom is -0.464 e. The molecule has 4 rings (SSSR count). The number of aromatic nitrogens is 2. The standard InChI is InChI=1S/C20H22N4O2/c1-12-5-6-15-14(11-26-18(15)8-12)9-20(25)24-7-3-4-17(24)16-10-19(21)23-13(2)22-16/h5-6,8,10-11,17H,3-4,7,9H2,1-2H3,(H2,21,22,23)/t17-/m0/s1. The molecule has 2 N–H and O–H groups in total. The number of carbonyl (C=O) groups excluding carboxylic acids is 1. The summed E-state index contributed by atoms with van der Waals surface area (Å²) >= 11 is 0. The molecule has 1 aromatic carbocycles.